The maximum absolute atomic E-state index is 6.43. The maximum Gasteiger partial charge on any atom is 0.0820 e. The molecule has 3 unspecified atom stereocenters. The summed E-state index contributed by atoms with van der Waals surface area (Å²) in [5.41, 5.74) is 1.24. The maximum atomic E-state index is 6.43. The number of hydrogen-bond acceptors (Lipinski definition) is 2. The van der Waals surface area contributed by atoms with Crippen LogP contribution in [0.5, 0.6) is 0 Å². The smallest absolute Gasteiger partial charge is 0.0820 e. The Bertz CT molecular complexity index is 422. The van der Waals surface area contributed by atoms with Gasteiger partial charge in [-0.15, -0.1) is 0 Å². The molecular formula is C17H30ClN3. The fourth-order valence-electron chi connectivity index (χ4n) is 3.75. The highest BCUT2D eigenvalue weighted by molar-refractivity contribution is 6.31. The Morgan fingerprint density at radius 2 is 2.19 bits per heavy atom. The Labute approximate surface area is 134 Å². The molecule has 3 atom stereocenters. The molecule has 0 spiro atoms. The molecule has 0 aliphatic heterocycles. The zero-order chi connectivity index (χ0) is 15.4. The Kier molecular flexibility index (Phi) is 6.12. The molecule has 1 heterocycles. The van der Waals surface area contributed by atoms with Crippen molar-refractivity contribution in [2.24, 2.45) is 24.8 Å². The first-order valence-corrected chi connectivity index (χ1v) is 8.80. The van der Waals surface area contributed by atoms with Gasteiger partial charge in [0.05, 0.1) is 16.9 Å². The first-order valence-electron chi connectivity index (χ1n) is 8.42. The summed E-state index contributed by atoms with van der Waals surface area (Å²) >= 11 is 6.43. The Morgan fingerprint density at radius 3 is 2.76 bits per heavy atom. The summed E-state index contributed by atoms with van der Waals surface area (Å²) in [4.78, 5) is 0. The van der Waals surface area contributed by atoms with Crippen molar-refractivity contribution in [3.63, 3.8) is 0 Å². The number of rotatable bonds is 6. The second kappa shape index (κ2) is 7.64. The van der Waals surface area contributed by atoms with E-state index in [0.717, 1.165) is 29.9 Å². The Hall–Kier alpha value is -0.540. The molecule has 1 aliphatic rings. The molecule has 1 N–H and O–H groups in total. The van der Waals surface area contributed by atoms with E-state index in [0.29, 0.717) is 11.8 Å². The van der Waals surface area contributed by atoms with Gasteiger partial charge in [0.2, 0.25) is 0 Å². The SMILES string of the molecule is CCCNCC1CCC(C(C)C)CC1c1c(Cl)cnn1C. The van der Waals surface area contributed by atoms with Gasteiger partial charge < -0.3 is 5.32 Å². The van der Waals surface area contributed by atoms with Crippen molar-refractivity contribution in [1.82, 2.24) is 15.1 Å². The largest absolute Gasteiger partial charge is 0.316 e. The first-order chi connectivity index (χ1) is 10.0. The van der Waals surface area contributed by atoms with Gasteiger partial charge in [0, 0.05) is 13.0 Å². The zero-order valence-electron chi connectivity index (χ0n) is 13.9. The van der Waals surface area contributed by atoms with Crippen LogP contribution < -0.4 is 5.32 Å². The van der Waals surface area contributed by atoms with E-state index in [1.54, 1.807) is 6.20 Å². The molecule has 4 heteroatoms. The quantitative estimate of drug-likeness (QED) is 0.797. The van der Waals surface area contributed by atoms with E-state index in [4.69, 9.17) is 11.6 Å². The van der Waals surface area contributed by atoms with Crippen molar-refractivity contribution in [2.75, 3.05) is 13.1 Å². The summed E-state index contributed by atoms with van der Waals surface area (Å²) in [7, 11) is 2.02. The van der Waals surface area contributed by atoms with Gasteiger partial charge in [0.25, 0.3) is 0 Å². The molecule has 0 aromatic carbocycles. The summed E-state index contributed by atoms with van der Waals surface area (Å²) in [5, 5.41) is 8.80. The van der Waals surface area contributed by atoms with Gasteiger partial charge in [0.15, 0.2) is 0 Å². The van der Waals surface area contributed by atoms with Crippen molar-refractivity contribution in [1.29, 1.82) is 0 Å². The monoisotopic (exact) mass is 311 g/mol. The van der Waals surface area contributed by atoms with Crippen molar-refractivity contribution in [3.8, 4) is 0 Å². The molecule has 1 aliphatic carbocycles. The number of aromatic nitrogens is 2. The van der Waals surface area contributed by atoms with E-state index in [2.05, 4.69) is 31.2 Å². The summed E-state index contributed by atoms with van der Waals surface area (Å²) < 4.78 is 1.99. The van der Waals surface area contributed by atoms with Gasteiger partial charge in [-0.3, -0.25) is 4.68 Å². The third kappa shape index (κ3) is 4.01. The lowest BCUT2D eigenvalue weighted by atomic mass is 9.69. The lowest BCUT2D eigenvalue weighted by molar-refractivity contribution is 0.185. The Morgan fingerprint density at radius 1 is 1.43 bits per heavy atom. The highest BCUT2D eigenvalue weighted by atomic mass is 35.5. The molecular weight excluding hydrogens is 282 g/mol. The van der Waals surface area contributed by atoms with E-state index in [9.17, 15) is 0 Å². The highest BCUT2D eigenvalue weighted by Crippen LogP contribution is 2.44. The lowest BCUT2D eigenvalue weighted by Crippen LogP contribution is -2.34. The fourth-order valence-corrected chi connectivity index (χ4v) is 4.06. The molecule has 21 heavy (non-hydrogen) atoms. The van der Waals surface area contributed by atoms with Crippen LogP contribution in [-0.2, 0) is 7.05 Å². The molecule has 1 saturated carbocycles. The van der Waals surface area contributed by atoms with Gasteiger partial charge in [-0.25, -0.2) is 0 Å². The third-order valence-electron chi connectivity index (χ3n) is 5.10. The summed E-state index contributed by atoms with van der Waals surface area (Å²) in [6, 6.07) is 0. The normalized spacial score (nSPS) is 26.5. The number of nitrogens with one attached hydrogen (secondary N) is 1. The van der Waals surface area contributed by atoms with E-state index < -0.39 is 0 Å². The predicted octanol–water partition coefficient (Wildman–Crippen LogP) is 4.23. The highest BCUT2D eigenvalue weighted by Gasteiger charge is 2.35. The van der Waals surface area contributed by atoms with Gasteiger partial charge in [-0.05, 0) is 56.5 Å². The van der Waals surface area contributed by atoms with Crippen molar-refractivity contribution < 1.29 is 0 Å². The third-order valence-corrected chi connectivity index (χ3v) is 5.39. The standard InChI is InChI=1S/C17H30ClN3/c1-5-8-19-10-14-7-6-13(12(2)3)9-15(14)17-16(18)11-20-21(17)4/h11-15,19H,5-10H2,1-4H3. The van der Waals surface area contributed by atoms with Gasteiger partial charge >= 0.3 is 0 Å². The molecule has 0 bridgehead atoms. The fraction of sp³-hybridized carbons (Fsp3) is 0.824. The lowest BCUT2D eigenvalue weighted by Gasteiger charge is -2.38. The van der Waals surface area contributed by atoms with Crippen LogP contribution in [0, 0.1) is 17.8 Å². The second-order valence-electron chi connectivity index (χ2n) is 6.89. The van der Waals surface area contributed by atoms with Crippen LogP contribution in [0.4, 0.5) is 0 Å². The topological polar surface area (TPSA) is 29.9 Å². The average Bonchev–Trinajstić information content (AvgIpc) is 2.78. The van der Waals surface area contributed by atoms with Crippen LogP contribution in [0.1, 0.15) is 58.1 Å². The van der Waals surface area contributed by atoms with E-state index >= 15 is 0 Å². The zero-order valence-corrected chi connectivity index (χ0v) is 14.7. The van der Waals surface area contributed by atoms with Gasteiger partial charge in [-0.2, -0.15) is 5.10 Å². The number of aryl methyl sites for hydroxylation is 1. The van der Waals surface area contributed by atoms with Gasteiger partial charge in [0.1, 0.15) is 0 Å². The molecule has 0 radical (unpaired) electrons. The van der Waals surface area contributed by atoms with E-state index in [-0.39, 0.29) is 0 Å². The van der Waals surface area contributed by atoms with Crippen molar-refractivity contribution >= 4 is 11.6 Å². The molecule has 2 rings (SSSR count). The molecule has 1 aromatic rings. The molecule has 0 amide bonds. The van der Waals surface area contributed by atoms with Crippen molar-refractivity contribution in [3.05, 3.63) is 16.9 Å². The first kappa shape index (κ1) is 16.8. The van der Waals surface area contributed by atoms with Crippen LogP contribution in [0.25, 0.3) is 0 Å². The molecule has 1 aromatic heterocycles. The van der Waals surface area contributed by atoms with Crippen molar-refractivity contribution in [2.45, 2.75) is 52.4 Å². The van der Waals surface area contributed by atoms with Crippen LogP contribution in [-0.4, -0.2) is 22.9 Å². The minimum atomic E-state index is 0.538. The summed E-state index contributed by atoms with van der Waals surface area (Å²) in [5.74, 6) is 2.78. The number of hydrogen-bond donors (Lipinski definition) is 1. The summed E-state index contributed by atoms with van der Waals surface area (Å²) in [6.45, 7) is 9.13. The van der Waals surface area contributed by atoms with Crippen LogP contribution in [0.2, 0.25) is 5.02 Å². The molecule has 1 fully saturated rings. The predicted molar refractivity (Wildman–Crippen MR) is 89.8 cm³/mol. The number of halogens is 1. The molecule has 0 saturated heterocycles. The molecule has 3 nitrogen and oxygen atoms in total. The number of nitrogens with zero attached hydrogens (tertiary/aromatic N) is 2. The van der Waals surface area contributed by atoms with Crippen LogP contribution in [0.15, 0.2) is 6.20 Å². The average molecular weight is 312 g/mol. The second-order valence-corrected chi connectivity index (χ2v) is 7.30. The summed E-state index contributed by atoms with van der Waals surface area (Å²) in [6.07, 6.45) is 6.88. The minimum Gasteiger partial charge on any atom is -0.316 e. The molecule has 120 valence electrons. The Balaban J connectivity index is 2.16. The minimum absolute atomic E-state index is 0.538. The van der Waals surface area contributed by atoms with Crippen LogP contribution >= 0.6 is 11.6 Å². The van der Waals surface area contributed by atoms with E-state index in [1.807, 2.05) is 11.7 Å². The van der Waals surface area contributed by atoms with Crippen LogP contribution in [0.3, 0.4) is 0 Å². The van der Waals surface area contributed by atoms with Gasteiger partial charge in [-0.1, -0.05) is 32.4 Å². The van der Waals surface area contributed by atoms with E-state index in [1.165, 1.54) is 31.4 Å².